The molecule has 37 heavy (non-hydrogen) atoms. The molecular formula is C21H18Na3O9PS3. The molecule has 9 nitrogen and oxygen atoms in total. The van der Waals surface area contributed by atoms with Crippen LogP contribution in [0.2, 0.25) is 0 Å². The van der Waals surface area contributed by atoms with Crippen LogP contribution in [0.4, 0.5) is 0 Å². The molecule has 0 amide bonds. The van der Waals surface area contributed by atoms with E-state index in [1.54, 1.807) is 20.8 Å². The smallest absolute Gasteiger partial charge is 0.744 e. The van der Waals surface area contributed by atoms with Gasteiger partial charge in [0.15, 0.2) is 0 Å². The minimum atomic E-state index is -4.85. The Balaban J connectivity index is 0.00000432. The van der Waals surface area contributed by atoms with Crippen molar-refractivity contribution in [2.24, 2.45) is 0 Å². The normalized spacial score (nSPS) is 11.8. The summed E-state index contributed by atoms with van der Waals surface area (Å²) in [6, 6.07) is 11.1. The van der Waals surface area contributed by atoms with E-state index < -0.39 is 53.0 Å². The summed E-state index contributed by atoms with van der Waals surface area (Å²) < 4.78 is 105. The Morgan fingerprint density at radius 3 is 0.892 bits per heavy atom. The summed E-state index contributed by atoms with van der Waals surface area (Å²) >= 11 is 0. The van der Waals surface area contributed by atoms with Crippen LogP contribution in [0.1, 0.15) is 16.7 Å². The number of benzene rings is 3. The van der Waals surface area contributed by atoms with Gasteiger partial charge in [-0.3, -0.25) is 0 Å². The molecule has 0 bridgehead atoms. The van der Waals surface area contributed by atoms with Gasteiger partial charge in [0, 0.05) is 0 Å². The zero-order valence-corrected chi connectivity index (χ0v) is 30.4. The average molecular weight is 611 g/mol. The molecule has 0 fully saturated rings. The summed E-state index contributed by atoms with van der Waals surface area (Å²) in [6.45, 7) is 4.91. The summed E-state index contributed by atoms with van der Waals surface area (Å²) in [5, 5.41) is 0.956. The molecule has 3 rings (SSSR count). The van der Waals surface area contributed by atoms with E-state index in [9.17, 15) is 38.9 Å². The second kappa shape index (κ2) is 14.1. The first-order valence-electron chi connectivity index (χ1n) is 9.50. The molecule has 0 aliphatic heterocycles. The Morgan fingerprint density at radius 1 is 0.486 bits per heavy atom. The van der Waals surface area contributed by atoms with Crippen LogP contribution in [0.5, 0.6) is 0 Å². The molecule has 182 valence electrons. The van der Waals surface area contributed by atoms with E-state index in [1.807, 2.05) is 0 Å². The van der Waals surface area contributed by atoms with Crippen LogP contribution in [0.25, 0.3) is 0 Å². The summed E-state index contributed by atoms with van der Waals surface area (Å²) in [5.41, 5.74) is 1.59. The Hall–Kier alpha value is 0.820. The van der Waals surface area contributed by atoms with Crippen LogP contribution >= 0.6 is 7.92 Å². The fraction of sp³-hybridized carbons (Fsp3) is 0.143. The van der Waals surface area contributed by atoms with E-state index in [-0.39, 0.29) is 88.7 Å². The van der Waals surface area contributed by atoms with Crippen LogP contribution in [0, 0.1) is 20.8 Å². The van der Waals surface area contributed by atoms with Gasteiger partial charge in [0.05, 0.1) is 14.7 Å². The van der Waals surface area contributed by atoms with Gasteiger partial charge in [-0.25, -0.2) is 25.3 Å². The minimum Gasteiger partial charge on any atom is -0.744 e. The third kappa shape index (κ3) is 9.16. The van der Waals surface area contributed by atoms with Gasteiger partial charge in [0.2, 0.25) is 0 Å². The van der Waals surface area contributed by atoms with Crippen molar-refractivity contribution in [2.75, 3.05) is 0 Å². The van der Waals surface area contributed by atoms with E-state index >= 15 is 0 Å². The second-order valence-electron chi connectivity index (χ2n) is 7.54. The largest absolute Gasteiger partial charge is 1.00 e. The van der Waals surface area contributed by atoms with E-state index in [0.29, 0.717) is 32.6 Å². The number of aryl methyl sites for hydroxylation is 3. The Kier molecular flexibility index (Phi) is 14.4. The predicted molar refractivity (Wildman–Crippen MR) is 123 cm³/mol. The quantitative estimate of drug-likeness (QED) is 0.149. The first-order valence-corrected chi connectivity index (χ1v) is 15.1. The zero-order chi connectivity index (χ0) is 25.6. The zero-order valence-electron chi connectivity index (χ0n) is 21.0. The van der Waals surface area contributed by atoms with Crippen LogP contribution in [0.3, 0.4) is 0 Å². The monoisotopic (exact) mass is 610 g/mol. The molecule has 0 aromatic heterocycles. The van der Waals surface area contributed by atoms with E-state index in [1.165, 1.54) is 18.2 Å². The molecule has 0 spiro atoms. The first kappa shape index (κ1) is 37.8. The van der Waals surface area contributed by atoms with Crippen LogP contribution in [0.15, 0.2) is 69.3 Å². The SMILES string of the molecule is Cc1ccc(S(=O)(=O)[O-])cc1P(c1cc(S(=O)(=O)[O-])ccc1C)c1cc(S(=O)(=O)[O-])ccc1C.[Na+].[Na+].[Na+]. The third-order valence-electron chi connectivity index (χ3n) is 5.13. The van der Waals surface area contributed by atoms with Crippen LogP contribution in [-0.2, 0) is 30.4 Å². The summed E-state index contributed by atoms with van der Waals surface area (Å²) in [7, 11) is -16.5. The molecule has 0 saturated carbocycles. The predicted octanol–water partition coefficient (Wildman–Crippen LogP) is -7.91. The summed E-state index contributed by atoms with van der Waals surface area (Å²) in [6.07, 6.45) is 0. The maximum absolute atomic E-state index is 11.7. The van der Waals surface area contributed by atoms with Gasteiger partial charge < -0.3 is 13.7 Å². The molecule has 0 aliphatic carbocycles. The fourth-order valence-corrected chi connectivity index (χ4v) is 7.96. The molecule has 0 atom stereocenters. The van der Waals surface area contributed by atoms with Gasteiger partial charge in [0.1, 0.15) is 30.4 Å². The number of rotatable bonds is 6. The Bertz CT molecular complexity index is 1430. The Morgan fingerprint density at radius 2 is 0.703 bits per heavy atom. The van der Waals surface area contributed by atoms with E-state index in [4.69, 9.17) is 0 Å². The van der Waals surface area contributed by atoms with Crippen molar-refractivity contribution in [3.05, 3.63) is 71.3 Å². The fourth-order valence-electron chi connectivity index (χ4n) is 3.35. The van der Waals surface area contributed by atoms with Crippen molar-refractivity contribution >= 4 is 54.2 Å². The number of hydrogen-bond donors (Lipinski definition) is 0. The van der Waals surface area contributed by atoms with Gasteiger partial charge in [-0.05, 0) is 97.7 Å². The van der Waals surface area contributed by atoms with Crippen molar-refractivity contribution in [2.45, 2.75) is 35.5 Å². The van der Waals surface area contributed by atoms with Gasteiger partial charge in [-0.1, -0.05) is 18.2 Å². The van der Waals surface area contributed by atoms with Crippen molar-refractivity contribution in [1.29, 1.82) is 0 Å². The molecule has 0 N–H and O–H groups in total. The topological polar surface area (TPSA) is 172 Å². The number of hydrogen-bond acceptors (Lipinski definition) is 9. The van der Waals surface area contributed by atoms with E-state index in [2.05, 4.69) is 0 Å². The molecule has 0 radical (unpaired) electrons. The van der Waals surface area contributed by atoms with Gasteiger partial charge >= 0.3 is 88.7 Å². The molecule has 0 unspecified atom stereocenters. The van der Waals surface area contributed by atoms with Crippen molar-refractivity contribution < 1.29 is 128 Å². The van der Waals surface area contributed by atoms with Crippen molar-refractivity contribution in [1.82, 2.24) is 0 Å². The molecule has 0 heterocycles. The third-order valence-corrected chi connectivity index (χ3v) is 10.5. The summed E-state index contributed by atoms with van der Waals surface area (Å²) in [5.74, 6) is 0. The van der Waals surface area contributed by atoms with Gasteiger partial charge in [0.25, 0.3) is 0 Å². The first-order chi connectivity index (χ1) is 15.5. The van der Waals surface area contributed by atoms with Gasteiger partial charge in [-0.2, -0.15) is 0 Å². The molecule has 0 saturated heterocycles. The molecule has 3 aromatic rings. The van der Waals surface area contributed by atoms with Gasteiger partial charge in [-0.15, -0.1) is 0 Å². The standard InChI is InChI=1S/C21H21O9PS3.3Na/c1-13-4-7-16(32(22,23)24)10-19(13)31(20-11-17(33(25,26)27)8-5-14(20)2)21-12-18(34(28,29)30)9-6-15(21)3;;;/h4-12H,1-3H3,(H,22,23,24)(H,25,26,27)(H,28,29,30);;;/q;3*+1/p-3. The maximum Gasteiger partial charge on any atom is 1.00 e. The molecule has 0 aliphatic rings. The van der Waals surface area contributed by atoms with Crippen molar-refractivity contribution in [3.8, 4) is 0 Å². The van der Waals surface area contributed by atoms with E-state index in [0.717, 1.165) is 36.4 Å². The maximum atomic E-state index is 11.7. The molecule has 3 aromatic carbocycles. The Labute approximate surface area is 284 Å². The molecule has 16 heteroatoms. The van der Waals surface area contributed by atoms with Crippen molar-refractivity contribution in [3.63, 3.8) is 0 Å². The molecular weight excluding hydrogens is 592 g/mol. The van der Waals surface area contributed by atoms with Crippen LogP contribution < -0.4 is 105 Å². The average Bonchev–Trinajstić information content (AvgIpc) is 2.69. The summed E-state index contributed by atoms with van der Waals surface area (Å²) in [4.78, 5) is -1.59. The second-order valence-corrected chi connectivity index (χ2v) is 13.8. The van der Waals surface area contributed by atoms with Crippen LogP contribution in [-0.4, -0.2) is 38.9 Å². The minimum absolute atomic E-state index is 0.